The average Bonchev–Trinajstić information content (AvgIpc) is 2.48. The van der Waals surface area contributed by atoms with Crippen LogP contribution in [0.15, 0.2) is 5.16 Å². The van der Waals surface area contributed by atoms with Gasteiger partial charge in [0.05, 0.1) is 5.54 Å². The number of piperidine rings is 1. The van der Waals surface area contributed by atoms with E-state index in [0.717, 1.165) is 38.5 Å². The SMILES string of the molecule is N/C(=N/O)C1(NS(=O)(=O)N2CCCCC2)CCCCC1. The second kappa shape index (κ2) is 6.28. The third-order valence-corrected chi connectivity index (χ3v) is 5.98. The fourth-order valence-electron chi connectivity index (χ4n) is 3.08. The minimum atomic E-state index is -3.59. The highest BCUT2D eigenvalue weighted by atomic mass is 32.2. The lowest BCUT2D eigenvalue weighted by Gasteiger charge is -2.38. The Balaban J connectivity index is 2.18. The van der Waals surface area contributed by atoms with Crippen LogP contribution in [0, 0.1) is 0 Å². The normalized spacial score (nSPS) is 25.5. The van der Waals surface area contributed by atoms with E-state index in [1.165, 1.54) is 4.31 Å². The van der Waals surface area contributed by atoms with Crippen LogP contribution in [0.5, 0.6) is 0 Å². The van der Waals surface area contributed by atoms with Gasteiger partial charge >= 0.3 is 0 Å². The highest BCUT2D eigenvalue weighted by Gasteiger charge is 2.42. The molecule has 1 aliphatic heterocycles. The van der Waals surface area contributed by atoms with Crippen molar-refractivity contribution in [3.8, 4) is 0 Å². The van der Waals surface area contributed by atoms with E-state index in [1.54, 1.807) is 0 Å². The summed E-state index contributed by atoms with van der Waals surface area (Å²) in [6.07, 6.45) is 6.79. The van der Waals surface area contributed by atoms with Gasteiger partial charge < -0.3 is 10.9 Å². The lowest BCUT2D eigenvalue weighted by molar-refractivity contribution is 0.286. The zero-order valence-electron chi connectivity index (χ0n) is 11.7. The molecule has 0 aromatic carbocycles. The van der Waals surface area contributed by atoms with Gasteiger partial charge in [0.15, 0.2) is 5.84 Å². The minimum Gasteiger partial charge on any atom is -0.409 e. The zero-order valence-corrected chi connectivity index (χ0v) is 12.5. The molecule has 2 aliphatic rings. The molecule has 0 amide bonds. The summed E-state index contributed by atoms with van der Waals surface area (Å²) in [7, 11) is -3.59. The van der Waals surface area contributed by atoms with E-state index in [2.05, 4.69) is 9.88 Å². The van der Waals surface area contributed by atoms with Gasteiger partial charge in [-0.25, -0.2) is 0 Å². The summed E-state index contributed by atoms with van der Waals surface area (Å²) in [6, 6.07) is 0. The van der Waals surface area contributed by atoms with E-state index < -0.39 is 15.7 Å². The lowest BCUT2D eigenvalue weighted by atomic mass is 9.82. The van der Waals surface area contributed by atoms with Crippen molar-refractivity contribution in [3.63, 3.8) is 0 Å². The number of nitrogens with one attached hydrogen (secondary N) is 1. The zero-order chi connectivity index (χ0) is 14.6. The van der Waals surface area contributed by atoms with E-state index in [0.29, 0.717) is 25.9 Å². The monoisotopic (exact) mass is 304 g/mol. The second-order valence-corrected chi connectivity index (χ2v) is 7.37. The smallest absolute Gasteiger partial charge is 0.280 e. The molecule has 0 atom stereocenters. The Labute approximate surface area is 120 Å². The Bertz CT molecular complexity index is 451. The van der Waals surface area contributed by atoms with Crippen LogP contribution >= 0.6 is 0 Å². The maximum Gasteiger partial charge on any atom is 0.280 e. The first-order chi connectivity index (χ1) is 9.50. The predicted molar refractivity (Wildman–Crippen MR) is 76.7 cm³/mol. The van der Waals surface area contributed by atoms with Gasteiger partial charge in [0.1, 0.15) is 0 Å². The van der Waals surface area contributed by atoms with Crippen molar-refractivity contribution in [2.24, 2.45) is 10.9 Å². The third kappa shape index (κ3) is 3.24. The molecular weight excluding hydrogens is 280 g/mol. The molecule has 0 spiro atoms. The van der Waals surface area contributed by atoms with Crippen LogP contribution in [0.3, 0.4) is 0 Å². The van der Waals surface area contributed by atoms with Crippen LogP contribution in [-0.4, -0.2) is 42.4 Å². The topological polar surface area (TPSA) is 108 Å². The molecule has 0 radical (unpaired) electrons. The molecule has 20 heavy (non-hydrogen) atoms. The molecule has 2 fully saturated rings. The van der Waals surface area contributed by atoms with Crippen LogP contribution < -0.4 is 10.5 Å². The van der Waals surface area contributed by atoms with Crippen molar-refractivity contribution in [2.75, 3.05) is 13.1 Å². The number of amidine groups is 1. The highest BCUT2D eigenvalue weighted by Crippen LogP contribution is 2.30. The average molecular weight is 304 g/mol. The predicted octanol–water partition coefficient (Wildman–Crippen LogP) is 0.756. The molecule has 1 heterocycles. The van der Waals surface area contributed by atoms with Crippen molar-refractivity contribution in [1.29, 1.82) is 0 Å². The Kier molecular flexibility index (Phi) is 4.87. The Morgan fingerprint density at radius 2 is 1.65 bits per heavy atom. The first kappa shape index (κ1) is 15.5. The van der Waals surface area contributed by atoms with Gasteiger partial charge in [-0.1, -0.05) is 30.8 Å². The molecule has 1 saturated carbocycles. The van der Waals surface area contributed by atoms with Gasteiger partial charge in [-0.05, 0) is 25.7 Å². The van der Waals surface area contributed by atoms with Crippen LogP contribution in [-0.2, 0) is 10.2 Å². The van der Waals surface area contributed by atoms with Crippen LogP contribution in [0.2, 0.25) is 0 Å². The Morgan fingerprint density at radius 1 is 1.10 bits per heavy atom. The van der Waals surface area contributed by atoms with E-state index in [9.17, 15) is 8.42 Å². The molecule has 0 aromatic rings. The highest BCUT2D eigenvalue weighted by molar-refractivity contribution is 7.87. The first-order valence-corrected chi connectivity index (χ1v) is 8.71. The molecule has 8 heteroatoms. The van der Waals surface area contributed by atoms with E-state index in [4.69, 9.17) is 10.9 Å². The molecule has 116 valence electrons. The van der Waals surface area contributed by atoms with Gasteiger partial charge in [0, 0.05) is 13.1 Å². The van der Waals surface area contributed by atoms with Gasteiger partial charge in [-0.15, -0.1) is 0 Å². The maximum atomic E-state index is 12.5. The molecule has 0 aromatic heterocycles. The van der Waals surface area contributed by atoms with Crippen molar-refractivity contribution < 1.29 is 13.6 Å². The molecular formula is C12H24N4O3S. The molecule has 7 nitrogen and oxygen atoms in total. The number of hydrogen-bond donors (Lipinski definition) is 3. The van der Waals surface area contributed by atoms with Crippen molar-refractivity contribution in [1.82, 2.24) is 9.03 Å². The van der Waals surface area contributed by atoms with Crippen LogP contribution in [0.4, 0.5) is 0 Å². The summed E-state index contributed by atoms with van der Waals surface area (Å²) in [5, 5.41) is 12.0. The minimum absolute atomic E-state index is 0.0298. The molecule has 1 aliphatic carbocycles. The van der Waals surface area contributed by atoms with E-state index in [1.807, 2.05) is 0 Å². The van der Waals surface area contributed by atoms with Gasteiger partial charge in [-0.2, -0.15) is 17.4 Å². The summed E-state index contributed by atoms with van der Waals surface area (Å²) >= 11 is 0. The van der Waals surface area contributed by atoms with Gasteiger partial charge in [-0.3, -0.25) is 0 Å². The number of nitrogens with two attached hydrogens (primary N) is 1. The fourth-order valence-corrected chi connectivity index (χ4v) is 4.75. The summed E-state index contributed by atoms with van der Waals surface area (Å²) < 4.78 is 29.2. The van der Waals surface area contributed by atoms with Crippen LogP contribution in [0.1, 0.15) is 51.4 Å². The quantitative estimate of drug-likeness (QED) is 0.308. The number of rotatable bonds is 4. The second-order valence-electron chi connectivity index (χ2n) is 5.69. The van der Waals surface area contributed by atoms with Crippen molar-refractivity contribution in [2.45, 2.75) is 56.9 Å². The standard InChI is InChI=1S/C12H24N4O3S/c13-11(14-17)12(7-3-1-4-8-12)15-20(18,19)16-9-5-2-6-10-16/h15,17H,1-10H2,(H2,13,14). The summed E-state index contributed by atoms with van der Waals surface area (Å²) in [5.41, 5.74) is 4.85. The fraction of sp³-hybridized carbons (Fsp3) is 0.917. The Hall–Kier alpha value is -0.860. The molecule has 0 bridgehead atoms. The third-order valence-electron chi connectivity index (χ3n) is 4.28. The first-order valence-electron chi connectivity index (χ1n) is 7.27. The maximum absolute atomic E-state index is 12.5. The summed E-state index contributed by atoms with van der Waals surface area (Å²) in [5.74, 6) is -0.0298. The van der Waals surface area contributed by atoms with Gasteiger partial charge in [0.25, 0.3) is 10.2 Å². The summed E-state index contributed by atoms with van der Waals surface area (Å²) in [4.78, 5) is 0. The summed E-state index contributed by atoms with van der Waals surface area (Å²) in [6.45, 7) is 1.09. The number of oxime groups is 1. The van der Waals surface area contributed by atoms with Crippen molar-refractivity contribution >= 4 is 16.0 Å². The Morgan fingerprint density at radius 3 is 2.20 bits per heavy atom. The molecule has 1 saturated heterocycles. The molecule has 4 N–H and O–H groups in total. The number of nitrogens with zero attached hydrogens (tertiary/aromatic N) is 2. The van der Waals surface area contributed by atoms with Crippen LogP contribution in [0.25, 0.3) is 0 Å². The van der Waals surface area contributed by atoms with Gasteiger partial charge in [0.2, 0.25) is 0 Å². The number of hydrogen-bond acceptors (Lipinski definition) is 4. The molecule has 2 rings (SSSR count). The molecule has 0 unspecified atom stereocenters. The largest absolute Gasteiger partial charge is 0.409 e. The van der Waals surface area contributed by atoms with E-state index >= 15 is 0 Å². The van der Waals surface area contributed by atoms with Crippen molar-refractivity contribution in [3.05, 3.63) is 0 Å². The lowest BCUT2D eigenvalue weighted by Crippen LogP contribution is -2.61. The van der Waals surface area contributed by atoms with E-state index in [-0.39, 0.29) is 5.84 Å².